The fourth-order valence-electron chi connectivity index (χ4n) is 2.36. The second-order valence-electron chi connectivity index (χ2n) is 5.52. The van der Waals surface area contributed by atoms with E-state index in [1.54, 1.807) is 42.9 Å². The van der Waals surface area contributed by atoms with Crippen LogP contribution in [0.4, 0.5) is 5.69 Å². The molecular weight excluding hydrogens is 330 g/mol. The number of pyridine rings is 1. The number of nitrogens with one attached hydrogen (secondary N) is 1. The number of nitrogens with two attached hydrogens (primary N) is 1. The fourth-order valence-corrected chi connectivity index (χ4v) is 2.36. The van der Waals surface area contributed by atoms with Crippen molar-refractivity contribution in [2.75, 3.05) is 12.3 Å². The molecule has 3 rings (SSSR count). The van der Waals surface area contributed by atoms with Crippen LogP contribution in [0.15, 0.2) is 55.0 Å². The Morgan fingerprint density at radius 1 is 1.19 bits per heavy atom. The first-order valence-electron chi connectivity index (χ1n) is 8.19. The Bertz CT molecular complexity index is 896. The van der Waals surface area contributed by atoms with Gasteiger partial charge in [0.1, 0.15) is 0 Å². The van der Waals surface area contributed by atoms with Crippen molar-refractivity contribution in [3.05, 3.63) is 66.2 Å². The zero-order valence-corrected chi connectivity index (χ0v) is 14.3. The van der Waals surface area contributed by atoms with Gasteiger partial charge in [0.05, 0.1) is 36.9 Å². The van der Waals surface area contributed by atoms with Crippen LogP contribution < -0.4 is 15.8 Å². The zero-order valence-electron chi connectivity index (χ0n) is 14.3. The summed E-state index contributed by atoms with van der Waals surface area (Å²) in [5.74, 6) is 0.288. The molecule has 0 radical (unpaired) electrons. The fraction of sp³-hybridized carbons (Fsp3) is 0.158. The summed E-state index contributed by atoms with van der Waals surface area (Å²) >= 11 is 0. The molecule has 2 aromatic heterocycles. The van der Waals surface area contributed by atoms with E-state index in [0.29, 0.717) is 41.7 Å². The molecule has 26 heavy (non-hydrogen) atoms. The van der Waals surface area contributed by atoms with Crippen molar-refractivity contribution in [2.24, 2.45) is 0 Å². The third-order valence-corrected chi connectivity index (χ3v) is 3.62. The number of ether oxygens (including phenoxy) is 1. The average Bonchev–Trinajstić information content (AvgIpc) is 2.67. The van der Waals surface area contributed by atoms with E-state index in [1.165, 1.54) is 0 Å². The summed E-state index contributed by atoms with van der Waals surface area (Å²) < 4.78 is 5.36. The van der Waals surface area contributed by atoms with Crippen LogP contribution in [-0.4, -0.2) is 27.5 Å². The van der Waals surface area contributed by atoms with E-state index in [9.17, 15) is 4.79 Å². The van der Waals surface area contributed by atoms with E-state index in [0.717, 1.165) is 5.56 Å². The van der Waals surface area contributed by atoms with Crippen LogP contribution in [0.1, 0.15) is 23.0 Å². The van der Waals surface area contributed by atoms with Crippen LogP contribution in [-0.2, 0) is 6.54 Å². The van der Waals surface area contributed by atoms with Crippen LogP contribution >= 0.6 is 0 Å². The predicted octanol–water partition coefficient (Wildman–Crippen LogP) is 2.45. The van der Waals surface area contributed by atoms with Gasteiger partial charge in [0, 0.05) is 23.0 Å². The molecule has 1 aromatic carbocycles. The third kappa shape index (κ3) is 4.32. The Kier molecular flexibility index (Phi) is 5.38. The smallest absolute Gasteiger partial charge is 0.251 e. The summed E-state index contributed by atoms with van der Waals surface area (Å²) in [6.07, 6.45) is 4.84. The van der Waals surface area contributed by atoms with Crippen LogP contribution in [0.2, 0.25) is 0 Å². The lowest BCUT2D eigenvalue weighted by Gasteiger charge is -2.07. The molecule has 0 aliphatic heterocycles. The van der Waals surface area contributed by atoms with Gasteiger partial charge in [-0.3, -0.25) is 14.8 Å². The van der Waals surface area contributed by atoms with Crippen LogP contribution in [0.5, 0.6) is 5.88 Å². The van der Waals surface area contributed by atoms with Gasteiger partial charge in [0.25, 0.3) is 5.91 Å². The number of carbonyl (C=O) groups excluding carboxylic acids is 1. The van der Waals surface area contributed by atoms with Gasteiger partial charge in [-0.25, -0.2) is 4.98 Å². The maximum Gasteiger partial charge on any atom is 0.251 e. The Balaban J connectivity index is 1.67. The molecule has 7 nitrogen and oxygen atoms in total. The summed E-state index contributed by atoms with van der Waals surface area (Å²) in [6.45, 7) is 2.73. The summed E-state index contributed by atoms with van der Waals surface area (Å²) in [5.41, 5.74) is 9.12. The summed E-state index contributed by atoms with van der Waals surface area (Å²) in [7, 11) is 0. The molecule has 3 aromatic rings. The molecule has 2 heterocycles. The highest BCUT2D eigenvalue weighted by atomic mass is 16.5. The molecule has 0 aliphatic rings. The molecule has 0 aliphatic carbocycles. The maximum atomic E-state index is 12.3. The van der Waals surface area contributed by atoms with Gasteiger partial charge >= 0.3 is 0 Å². The number of nitrogen functional groups attached to an aromatic ring is 1. The van der Waals surface area contributed by atoms with Crippen LogP contribution in [0, 0.1) is 0 Å². The lowest BCUT2D eigenvalue weighted by Crippen LogP contribution is -2.23. The Labute approximate surface area is 151 Å². The Morgan fingerprint density at radius 3 is 2.73 bits per heavy atom. The topological polar surface area (TPSA) is 103 Å². The van der Waals surface area contributed by atoms with Gasteiger partial charge in [-0.05, 0) is 31.2 Å². The molecule has 0 bridgehead atoms. The Morgan fingerprint density at radius 2 is 2.00 bits per heavy atom. The first-order valence-corrected chi connectivity index (χ1v) is 8.19. The van der Waals surface area contributed by atoms with E-state index < -0.39 is 0 Å². The lowest BCUT2D eigenvalue weighted by atomic mass is 10.1. The Hall–Kier alpha value is -3.48. The van der Waals surface area contributed by atoms with E-state index in [4.69, 9.17) is 10.5 Å². The predicted molar refractivity (Wildman–Crippen MR) is 98.5 cm³/mol. The van der Waals surface area contributed by atoms with Crippen molar-refractivity contribution in [3.63, 3.8) is 0 Å². The number of anilines is 1. The highest BCUT2D eigenvalue weighted by Crippen LogP contribution is 2.19. The molecule has 0 unspecified atom stereocenters. The van der Waals surface area contributed by atoms with E-state index in [2.05, 4.69) is 20.3 Å². The first-order chi connectivity index (χ1) is 12.7. The number of nitrogens with zero attached hydrogens (tertiary/aromatic N) is 3. The molecule has 7 heteroatoms. The standard InChI is InChI=1S/C19H19N5O2/c1-2-26-18-12-21-11-17(24-18)13-3-5-14(6-4-13)19(25)23-10-16-9-15(20)7-8-22-16/h3-9,11-12H,2,10H2,1H3,(H2,20,22)(H,23,25). The van der Waals surface area contributed by atoms with E-state index in [-0.39, 0.29) is 5.91 Å². The quantitative estimate of drug-likeness (QED) is 0.708. The highest BCUT2D eigenvalue weighted by Gasteiger charge is 2.08. The van der Waals surface area contributed by atoms with Crippen molar-refractivity contribution in [1.29, 1.82) is 0 Å². The molecule has 0 atom stereocenters. The minimum Gasteiger partial charge on any atom is -0.477 e. The molecule has 0 saturated carbocycles. The lowest BCUT2D eigenvalue weighted by molar-refractivity contribution is 0.0950. The van der Waals surface area contributed by atoms with Gasteiger partial charge in [-0.15, -0.1) is 0 Å². The number of rotatable bonds is 6. The van der Waals surface area contributed by atoms with Gasteiger partial charge in [0.15, 0.2) is 0 Å². The number of amides is 1. The molecule has 0 fully saturated rings. The second kappa shape index (κ2) is 8.06. The van der Waals surface area contributed by atoms with Crippen molar-refractivity contribution < 1.29 is 9.53 Å². The number of carbonyl (C=O) groups is 1. The summed E-state index contributed by atoms with van der Waals surface area (Å²) in [5, 5.41) is 2.82. The second-order valence-corrected chi connectivity index (χ2v) is 5.52. The summed E-state index contributed by atoms with van der Waals surface area (Å²) in [4.78, 5) is 24.9. The SMILES string of the molecule is CCOc1cncc(-c2ccc(C(=O)NCc3cc(N)ccn3)cc2)n1. The van der Waals surface area contributed by atoms with E-state index in [1.807, 2.05) is 19.1 Å². The molecule has 3 N–H and O–H groups in total. The third-order valence-electron chi connectivity index (χ3n) is 3.62. The summed E-state index contributed by atoms with van der Waals surface area (Å²) in [6, 6.07) is 10.6. The minimum atomic E-state index is -0.185. The van der Waals surface area contributed by atoms with Crippen molar-refractivity contribution in [2.45, 2.75) is 13.5 Å². The molecule has 1 amide bonds. The first kappa shape index (κ1) is 17.3. The minimum absolute atomic E-state index is 0.185. The van der Waals surface area contributed by atoms with Gasteiger partial charge in [-0.1, -0.05) is 12.1 Å². The zero-order chi connectivity index (χ0) is 18.4. The van der Waals surface area contributed by atoms with Crippen molar-refractivity contribution in [3.8, 4) is 17.1 Å². The largest absolute Gasteiger partial charge is 0.477 e. The number of benzene rings is 1. The van der Waals surface area contributed by atoms with Gasteiger partial charge in [-0.2, -0.15) is 0 Å². The van der Waals surface area contributed by atoms with Crippen LogP contribution in [0.25, 0.3) is 11.3 Å². The van der Waals surface area contributed by atoms with E-state index >= 15 is 0 Å². The molecule has 0 spiro atoms. The molecular formula is C19H19N5O2. The number of hydrogen-bond donors (Lipinski definition) is 2. The average molecular weight is 349 g/mol. The normalized spacial score (nSPS) is 10.3. The monoisotopic (exact) mass is 349 g/mol. The van der Waals surface area contributed by atoms with Crippen molar-refractivity contribution in [1.82, 2.24) is 20.3 Å². The van der Waals surface area contributed by atoms with Crippen molar-refractivity contribution >= 4 is 11.6 Å². The molecule has 132 valence electrons. The van der Waals surface area contributed by atoms with Crippen LogP contribution in [0.3, 0.4) is 0 Å². The number of aromatic nitrogens is 3. The highest BCUT2D eigenvalue weighted by molar-refractivity contribution is 5.94. The van der Waals surface area contributed by atoms with Gasteiger partial charge < -0.3 is 15.8 Å². The maximum absolute atomic E-state index is 12.3. The van der Waals surface area contributed by atoms with Gasteiger partial charge in [0.2, 0.25) is 5.88 Å². The number of hydrogen-bond acceptors (Lipinski definition) is 6. The molecule has 0 saturated heterocycles.